The lowest BCUT2D eigenvalue weighted by Gasteiger charge is -2.34. The van der Waals surface area contributed by atoms with Gasteiger partial charge in [-0.1, -0.05) is 0 Å². The van der Waals surface area contributed by atoms with Gasteiger partial charge in [0, 0.05) is 26.2 Å². The summed E-state index contributed by atoms with van der Waals surface area (Å²) < 4.78 is 54.8. The fourth-order valence-electron chi connectivity index (χ4n) is 2.59. The van der Waals surface area contributed by atoms with E-state index in [1.54, 1.807) is 4.90 Å². The van der Waals surface area contributed by atoms with Crippen LogP contribution in [0.3, 0.4) is 0 Å². The molecule has 0 aromatic heterocycles. The number of nitrogens with zero attached hydrogens (tertiary/aromatic N) is 2. The fourth-order valence-corrected chi connectivity index (χ4v) is 2.59. The zero-order chi connectivity index (χ0) is 19.9. The van der Waals surface area contributed by atoms with E-state index >= 15 is 0 Å². The Morgan fingerprint density at radius 1 is 1.07 bits per heavy atom. The van der Waals surface area contributed by atoms with E-state index in [0.717, 1.165) is 0 Å². The third-order valence-electron chi connectivity index (χ3n) is 3.95. The van der Waals surface area contributed by atoms with E-state index in [2.05, 4.69) is 5.32 Å². The molecule has 27 heavy (non-hydrogen) atoms. The molecule has 1 N–H and O–H groups in total. The molecule has 2 amide bonds. The molecular formula is C17H21F4N3O3. The third-order valence-corrected chi connectivity index (χ3v) is 3.95. The summed E-state index contributed by atoms with van der Waals surface area (Å²) in [7, 11) is 0. The smallest absolute Gasteiger partial charge is 0.397 e. The molecule has 0 saturated carbocycles. The van der Waals surface area contributed by atoms with E-state index in [4.69, 9.17) is 4.74 Å². The predicted molar refractivity (Wildman–Crippen MR) is 88.6 cm³/mol. The van der Waals surface area contributed by atoms with E-state index in [0.29, 0.717) is 18.8 Å². The maximum absolute atomic E-state index is 12.8. The van der Waals surface area contributed by atoms with Crippen LogP contribution in [-0.2, 0) is 9.59 Å². The largest absolute Gasteiger partial charge is 0.492 e. The van der Waals surface area contributed by atoms with Gasteiger partial charge in [-0.2, -0.15) is 13.2 Å². The van der Waals surface area contributed by atoms with Crippen molar-refractivity contribution >= 4 is 11.8 Å². The number of ether oxygens (including phenoxy) is 1. The van der Waals surface area contributed by atoms with Crippen LogP contribution in [0, 0.1) is 5.82 Å². The summed E-state index contributed by atoms with van der Waals surface area (Å²) in [6.45, 7) is 1.58. The summed E-state index contributed by atoms with van der Waals surface area (Å²) in [5.74, 6) is -1.06. The van der Waals surface area contributed by atoms with Gasteiger partial charge in [-0.05, 0) is 24.3 Å². The maximum Gasteiger partial charge on any atom is 0.397 e. The first kappa shape index (κ1) is 20.9. The molecule has 1 fully saturated rings. The summed E-state index contributed by atoms with van der Waals surface area (Å²) in [5.41, 5.74) is 0. The molecule has 0 spiro atoms. The van der Waals surface area contributed by atoms with Crippen LogP contribution >= 0.6 is 0 Å². The quantitative estimate of drug-likeness (QED) is 0.564. The summed E-state index contributed by atoms with van der Waals surface area (Å²) in [4.78, 5) is 26.3. The van der Waals surface area contributed by atoms with Crippen molar-refractivity contribution in [3.63, 3.8) is 0 Å². The second kappa shape index (κ2) is 9.54. The Balaban J connectivity index is 1.60. The summed E-state index contributed by atoms with van der Waals surface area (Å²) >= 11 is 0. The van der Waals surface area contributed by atoms with E-state index in [-0.39, 0.29) is 44.5 Å². The highest BCUT2D eigenvalue weighted by Crippen LogP contribution is 2.21. The lowest BCUT2D eigenvalue weighted by Crippen LogP contribution is -2.51. The van der Waals surface area contributed by atoms with Crippen LogP contribution < -0.4 is 10.1 Å². The Morgan fingerprint density at radius 2 is 1.70 bits per heavy atom. The monoisotopic (exact) mass is 391 g/mol. The van der Waals surface area contributed by atoms with Gasteiger partial charge in [0.25, 0.3) is 0 Å². The zero-order valence-electron chi connectivity index (χ0n) is 14.6. The Morgan fingerprint density at radius 3 is 2.30 bits per heavy atom. The average Bonchev–Trinajstić information content (AvgIpc) is 2.59. The molecule has 1 aliphatic rings. The first-order valence-corrected chi connectivity index (χ1v) is 8.45. The number of carbonyl (C=O) groups excluding carboxylic acids is 2. The van der Waals surface area contributed by atoms with Crippen molar-refractivity contribution < 1.29 is 31.9 Å². The highest BCUT2D eigenvalue weighted by Gasteiger charge is 2.34. The van der Waals surface area contributed by atoms with Crippen molar-refractivity contribution in [1.82, 2.24) is 15.1 Å². The number of piperazine rings is 1. The number of halogens is 4. The number of carbonyl (C=O) groups is 2. The molecule has 6 nitrogen and oxygen atoms in total. The number of alkyl halides is 3. The molecule has 1 saturated heterocycles. The molecule has 1 aromatic rings. The molecule has 0 aliphatic carbocycles. The maximum atomic E-state index is 12.8. The van der Waals surface area contributed by atoms with Gasteiger partial charge in [0.1, 0.15) is 24.6 Å². The lowest BCUT2D eigenvalue weighted by atomic mass is 10.2. The van der Waals surface area contributed by atoms with Crippen LogP contribution in [0.5, 0.6) is 5.75 Å². The van der Waals surface area contributed by atoms with Gasteiger partial charge in [-0.25, -0.2) is 4.39 Å². The van der Waals surface area contributed by atoms with Gasteiger partial charge < -0.3 is 15.0 Å². The first-order valence-electron chi connectivity index (χ1n) is 8.45. The van der Waals surface area contributed by atoms with Gasteiger partial charge in [-0.3, -0.25) is 14.5 Å². The number of hydrogen-bond acceptors (Lipinski definition) is 4. The second-order valence-corrected chi connectivity index (χ2v) is 6.10. The molecule has 1 heterocycles. The summed E-state index contributed by atoms with van der Waals surface area (Å²) in [6.07, 6.45) is -5.97. The molecule has 10 heteroatoms. The second-order valence-electron chi connectivity index (χ2n) is 6.10. The number of hydrogen-bond donors (Lipinski definition) is 1. The van der Waals surface area contributed by atoms with Gasteiger partial charge in [0.05, 0.1) is 13.1 Å². The molecule has 1 aliphatic heterocycles. The van der Waals surface area contributed by atoms with E-state index in [9.17, 15) is 27.2 Å². The number of rotatable bonds is 7. The third kappa shape index (κ3) is 7.81. The topological polar surface area (TPSA) is 61.9 Å². The van der Waals surface area contributed by atoms with Crippen LogP contribution in [0.15, 0.2) is 24.3 Å². The number of nitrogens with one attached hydrogen (secondary N) is 1. The molecule has 150 valence electrons. The van der Waals surface area contributed by atoms with Crippen LogP contribution in [0.2, 0.25) is 0 Å². The normalized spacial score (nSPS) is 15.5. The standard InChI is InChI=1S/C17H21F4N3O3/c18-13-1-3-14(4-2-13)27-10-5-22-15(25)12-23-6-8-24(9-7-23)16(26)11-17(19,20)21/h1-4H,5-12H2,(H,22,25). The molecule has 2 rings (SSSR count). The molecule has 0 unspecified atom stereocenters. The minimum atomic E-state index is -4.51. The zero-order valence-corrected chi connectivity index (χ0v) is 14.6. The van der Waals surface area contributed by atoms with Crippen molar-refractivity contribution in [3.05, 3.63) is 30.1 Å². The van der Waals surface area contributed by atoms with Gasteiger partial charge in [-0.15, -0.1) is 0 Å². The van der Waals surface area contributed by atoms with Crippen LogP contribution in [0.25, 0.3) is 0 Å². The van der Waals surface area contributed by atoms with Crippen LogP contribution in [0.4, 0.5) is 17.6 Å². The van der Waals surface area contributed by atoms with Gasteiger partial charge >= 0.3 is 6.18 Å². The van der Waals surface area contributed by atoms with Gasteiger partial charge in [0.2, 0.25) is 11.8 Å². The Labute approximate surface area is 154 Å². The van der Waals surface area contributed by atoms with Crippen molar-refractivity contribution in [2.45, 2.75) is 12.6 Å². The summed E-state index contributed by atoms with van der Waals surface area (Å²) in [6, 6.07) is 5.51. The Hall–Kier alpha value is -2.36. The molecular weight excluding hydrogens is 370 g/mol. The molecule has 0 radical (unpaired) electrons. The van der Waals surface area contributed by atoms with Crippen LogP contribution in [0.1, 0.15) is 6.42 Å². The molecule has 1 aromatic carbocycles. The van der Waals surface area contributed by atoms with Crippen molar-refractivity contribution in [3.8, 4) is 5.75 Å². The first-order chi connectivity index (χ1) is 12.7. The SMILES string of the molecule is O=C(CN1CCN(C(=O)CC(F)(F)F)CC1)NCCOc1ccc(F)cc1. The van der Waals surface area contributed by atoms with E-state index in [1.807, 2.05) is 0 Å². The van der Waals surface area contributed by atoms with Crippen molar-refractivity contribution in [1.29, 1.82) is 0 Å². The lowest BCUT2D eigenvalue weighted by molar-refractivity contribution is -0.162. The number of amides is 2. The number of benzene rings is 1. The molecule has 0 bridgehead atoms. The molecule has 0 atom stereocenters. The highest BCUT2D eigenvalue weighted by atomic mass is 19.4. The van der Waals surface area contributed by atoms with E-state index in [1.165, 1.54) is 29.2 Å². The summed E-state index contributed by atoms with van der Waals surface area (Å²) in [5, 5.41) is 2.67. The average molecular weight is 391 g/mol. The predicted octanol–water partition coefficient (Wildman–Crippen LogP) is 1.42. The minimum absolute atomic E-state index is 0.0951. The van der Waals surface area contributed by atoms with Gasteiger partial charge in [0.15, 0.2) is 0 Å². The minimum Gasteiger partial charge on any atom is -0.492 e. The van der Waals surface area contributed by atoms with E-state index < -0.39 is 18.5 Å². The van der Waals surface area contributed by atoms with Crippen molar-refractivity contribution in [2.24, 2.45) is 0 Å². The Kier molecular flexibility index (Phi) is 7.40. The van der Waals surface area contributed by atoms with Crippen molar-refractivity contribution in [2.75, 3.05) is 45.9 Å². The highest BCUT2D eigenvalue weighted by molar-refractivity contribution is 5.78. The fraction of sp³-hybridized carbons (Fsp3) is 0.529. The Bertz CT molecular complexity index is 629. The van der Waals surface area contributed by atoms with Crippen LogP contribution in [-0.4, -0.2) is 73.7 Å².